The molecule has 348 valence electrons. The van der Waals surface area contributed by atoms with Crippen LogP contribution < -0.4 is 15.8 Å². The van der Waals surface area contributed by atoms with Crippen LogP contribution in [0.2, 0.25) is 5.02 Å². The van der Waals surface area contributed by atoms with Gasteiger partial charge in [-0.1, -0.05) is 42.5 Å². The van der Waals surface area contributed by atoms with Gasteiger partial charge in [0.15, 0.2) is 5.82 Å². The zero-order valence-electron chi connectivity index (χ0n) is 35.1. The number of aliphatic imine (C=N–C) groups is 1. The van der Waals surface area contributed by atoms with Gasteiger partial charge in [-0.3, -0.25) is 18.7 Å². The summed E-state index contributed by atoms with van der Waals surface area (Å²) in [4.78, 5) is 22.4. The number of allylic oxidation sites excluding steroid dienone is 2. The van der Waals surface area contributed by atoms with E-state index in [1.807, 2.05) is 0 Å². The molecule has 4 aromatic rings. The van der Waals surface area contributed by atoms with Crippen molar-refractivity contribution >= 4 is 62.7 Å². The van der Waals surface area contributed by atoms with Crippen molar-refractivity contribution < 1.29 is 48.5 Å². The van der Waals surface area contributed by atoms with Crippen LogP contribution >= 0.6 is 23.5 Å². The van der Waals surface area contributed by atoms with Gasteiger partial charge in [0.2, 0.25) is 5.91 Å². The molecule has 2 aromatic heterocycles. The van der Waals surface area contributed by atoms with Gasteiger partial charge >= 0.3 is 6.18 Å². The molecule has 4 N–H and O–H groups in total. The summed E-state index contributed by atoms with van der Waals surface area (Å²) in [5.74, 6) is -1.27. The van der Waals surface area contributed by atoms with Gasteiger partial charge in [0.1, 0.15) is 46.6 Å². The normalized spacial score (nSPS) is 19.9. The van der Waals surface area contributed by atoms with Crippen molar-refractivity contribution in [1.29, 1.82) is 0 Å². The average Bonchev–Trinajstić information content (AvgIpc) is 4.16. The van der Waals surface area contributed by atoms with Crippen molar-refractivity contribution in [2.45, 2.75) is 100 Å². The molecule has 0 bridgehead atoms. The molecule has 0 aliphatic heterocycles. The number of fused-ring (bicyclic) bond motifs is 1. The Morgan fingerprint density at radius 3 is 2.38 bits per heavy atom. The van der Waals surface area contributed by atoms with Crippen molar-refractivity contribution in [3.05, 3.63) is 87.3 Å². The van der Waals surface area contributed by atoms with E-state index in [2.05, 4.69) is 32.0 Å². The van der Waals surface area contributed by atoms with E-state index in [0.29, 0.717) is 12.0 Å². The Bertz CT molecular complexity index is 2630. The van der Waals surface area contributed by atoms with E-state index in [1.54, 1.807) is 13.8 Å². The number of amides is 1. The number of hydrogen-bond donors (Lipinski definition) is 3. The SMILES string of the molecule is C[C@@H]1CC(=C(N)C(F)(F)F)C(=NCC(=O)NC(Cc2cc(F)cc(F)c2)c2nc(C#CC(C)(C)S(=O)C3CC3)ccc2-c2ccc(Cl)c3c(NSCC4CC4)nn(CC(F)F)c23)C1(F)F. The molecule has 3 fully saturated rings. The first-order valence-corrected chi connectivity index (χ1v) is 23.1. The summed E-state index contributed by atoms with van der Waals surface area (Å²) in [6.45, 7) is 2.40. The summed E-state index contributed by atoms with van der Waals surface area (Å²) < 4.78 is 146. The lowest BCUT2D eigenvalue weighted by Crippen LogP contribution is -2.35. The maximum atomic E-state index is 15.4. The number of aromatic nitrogens is 3. The van der Waals surface area contributed by atoms with Gasteiger partial charge in [-0.2, -0.15) is 27.1 Å². The fourth-order valence-corrected chi connectivity index (χ4v) is 10.2. The van der Waals surface area contributed by atoms with Gasteiger partial charge in [-0.25, -0.2) is 22.5 Å². The molecule has 0 spiro atoms. The van der Waals surface area contributed by atoms with Crippen molar-refractivity contribution in [3.63, 3.8) is 0 Å². The van der Waals surface area contributed by atoms with E-state index in [4.69, 9.17) is 22.3 Å². The zero-order chi connectivity index (χ0) is 47.2. The van der Waals surface area contributed by atoms with Crippen LogP contribution in [0.1, 0.15) is 75.9 Å². The second-order valence-electron chi connectivity index (χ2n) is 16.9. The van der Waals surface area contributed by atoms with Gasteiger partial charge in [0.25, 0.3) is 12.3 Å². The van der Waals surface area contributed by atoms with Crippen LogP contribution in [0.15, 0.2) is 58.7 Å². The van der Waals surface area contributed by atoms with Crippen LogP contribution in [-0.2, 0) is 28.6 Å². The molecule has 3 saturated carbocycles. The van der Waals surface area contributed by atoms with Crippen molar-refractivity contribution in [3.8, 4) is 23.0 Å². The number of anilines is 1. The van der Waals surface area contributed by atoms with E-state index < -0.39 is 106 Å². The van der Waals surface area contributed by atoms with Gasteiger partial charge in [0.05, 0.1) is 27.7 Å². The van der Waals surface area contributed by atoms with Gasteiger partial charge in [-0.15, -0.1) is 0 Å². The van der Waals surface area contributed by atoms with E-state index >= 15 is 8.78 Å². The van der Waals surface area contributed by atoms with E-state index in [0.717, 1.165) is 55.2 Å². The molecule has 65 heavy (non-hydrogen) atoms. The molecule has 2 heterocycles. The number of halogens is 10. The number of rotatable bonds is 15. The molecule has 3 aliphatic rings. The zero-order valence-corrected chi connectivity index (χ0v) is 37.5. The summed E-state index contributed by atoms with van der Waals surface area (Å²) in [6.07, 6.45) is -5.60. The molecule has 2 aromatic carbocycles. The Balaban J connectivity index is 1.39. The molecule has 0 radical (unpaired) electrons. The van der Waals surface area contributed by atoms with Crippen molar-refractivity contribution in [2.75, 3.05) is 17.0 Å². The number of nitrogens with one attached hydrogen (secondary N) is 2. The first kappa shape index (κ1) is 48.2. The highest BCUT2D eigenvalue weighted by molar-refractivity contribution is 8.00. The Morgan fingerprint density at radius 2 is 1.75 bits per heavy atom. The lowest BCUT2D eigenvalue weighted by atomic mass is 9.93. The molecule has 0 saturated heterocycles. The third-order valence-electron chi connectivity index (χ3n) is 11.1. The smallest absolute Gasteiger partial charge is 0.394 e. The molecule has 9 nitrogen and oxygen atoms in total. The maximum Gasteiger partial charge on any atom is 0.431 e. The van der Waals surface area contributed by atoms with Crippen molar-refractivity contribution in [2.24, 2.45) is 22.6 Å². The summed E-state index contributed by atoms with van der Waals surface area (Å²) >= 11 is 8.08. The highest BCUT2D eigenvalue weighted by Crippen LogP contribution is 2.45. The number of benzene rings is 2. The Hall–Kier alpha value is -4.74. The third-order valence-corrected chi connectivity index (χ3v) is 14.6. The second-order valence-corrected chi connectivity index (χ2v) is 20.4. The topological polar surface area (TPSA) is 127 Å². The minimum atomic E-state index is -5.17. The van der Waals surface area contributed by atoms with Crippen LogP contribution in [0, 0.1) is 35.3 Å². The Morgan fingerprint density at radius 1 is 1.08 bits per heavy atom. The lowest BCUT2D eigenvalue weighted by Gasteiger charge is -2.23. The van der Waals surface area contributed by atoms with Gasteiger partial charge < -0.3 is 15.8 Å². The summed E-state index contributed by atoms with van der Waals surface area (Å²) in [6, 6.07) is 7.18. The number of hydrogen-bond acceptors (Lipinski definition) is 8. The second kappa shape index (κ2) is 18.9. The van der Waals surface area contributed by atoms with E-state index in [1.165, 1.54) is 36.2 Å². The summed E-state index contributed by atoms with van der Waals surface area (Å²) in [5, 5.41) is 7.47. The molecule has 3 aliphatic carbocycles. The van der Waals surface area contributed by atoms with Gasteiger partial charge in [0, 0.05) is 50.5 Å². The molecule has 7 rings (SSSR count). The predicted molar refractivity (Wildman–Crippen MR) is 234 cm³/mol. The van der Waals surface area contributed by atoms with Crippen LogP contribution in [0.5, 0.6) is 0 Å². The summed E-state index contributed by atoms with van der Waals surface area (Å²) in [5.41, 5.74) is 1.74. The highest BCUT2D eigenvalue weighted by Gasteiger charge is 2.53. The third kappa shape index (κ3) is 11.1. The predicted octanol–water partition coefficient (Wildman–Crippen LogP) is 10.1. The number of nitrogens with two attached hydrogens (primary N) is 1. The minimum absolute atomic E-state index is 0.0215. The number of alkyl halides is 7. The van der Waals surface area contributed by atoms with Crippen LogP contribution in [0.25, 0.3) is 22.0 Å². The van der Waals surface area contributed by atoms with Crippen LogP contribution in [0.3, 0.4) is 0 Å². The molecular formula is C44H43ClF9N7O2S2. The maximum absolute atomic E-state index is 15.4. The first-order valence-electron chi connectivity index (χ1n) is 20.6. The fraction of sp³-hybridized carbons (Fsp3) is 0.455. The largest absolute Gasteiger partial charge is 0.431 e. The van der Waals surface area contributed by atoms with E-state index in [-0.39, 0.29) is 55.1 Å². The van der Waals surface area contributed by atoms with Crippen molar-refractivity contribution in [1.82, 2.24) is 20.1 Å². The molecule has 3 atom stereocenters. The molecule has 21 heteroatoms. The minimum Gasteiger partial charge on any atom is -0.394 e. The number of pyridine rings is 1. The monoisotopic (exact) mass is 971 g/mol. The molecular weight excluding hydrogens is 929 g/mol. The average molecular weight is 972 g/mol. The Labute approximate surface area is 380 Å². The number of carbonyl (C=O) groups excluding carboxylic acids is 1. The van der Waals surface area contributed by atoms with Crippen LogP contribution in [-0.4, -0.2) is 71.4 Å². The standard InChI is InChI=1S/C44H43ClF9N7O2S2/c1-22-14-31(39(55)44(52,53)54)40(43(22,50)51)56-19-35(62)58-33(17-24-15-25(46)18-26(47)16-24)37-29(9-6-27(57-37)12-13-42(2,3)65(63)28-7-8-28)30-10-11-32(45)36-38(30)61(20-34(48)49)59-41(36)60-64-21-23-4-5-23/h6,9-11,15-16,18,22-23,28,33-34H,4-5,7-8,14,17,19-21,55H2,1-3H3,(H,58,62)(H,59,60)/t22-,33?,65?/m1/s1. The van der Waals surface area contributed by atoms with Gasteiger partial charge in [-0.05, 0) is 100 Å². The molecule has 1 amide bonds. The first-order chi connectivity index (χ1) is 30.5. The highest BCUT2D eigenvalue weighted by atomic mass is 35.5. The fourth-order valence-electron chi connectivity index (χ4n) is 7.49. The number of nitrogens with zero attached hydrogens (tertiary/aromatic N) is 4. The Kier molecular flexibility index (Phi) is 14.0. The number of carbonyl (C=O) groups is 1. The quantitative estimate of drug-likeness (QED) is 0.0615. The van der Waals surface area contributed by atoms with Crippen LogP contribution in [0.4, 0.5) is 45.3 Å². The lowest BCUT2D eigenvalue weighted by molar-refractivity contribution is -0.120. The van der Waals surface area contributed by atoms with E-state index in [9.17, 15) is 39.7 Å². The summed E-state index contributed by atoms with van der Waals surface area (Å²) in [7, 11) is -1.34. The molecule has 2 unspecified atom stereocenters.